The molecule has 0 bridgehead atoms. The lowest BCUT2D eigenvalue weighted by Gasteiger charge is -2.26. The lowest BCUT2D eigenvalue weighted by molar-refractivity contribution is 0.445. The molecule has 0 heterocycles. The minimum absolute atomic E-state index is 0.203. The standard InChI is InChI=1S/C17H18FNO/c18-14-5-1-3-12(9-14)11-19-17-6-2-4-13-7-8-15(20)10-16(13)17/h1,3,5,7-10,17,19-20H,2,4,6,11H2. The number of phenols is 1. The maximum atomic E-state index is 13.2. The Morgan fingerprint density at radius 1 is 1.20 bits per heavy atom. The normalized spacial score (nSPS) is 17.8. The summed E-state index contributed by atoms with van der Waals surface area (Å²) >= 11 is 0. The van der Waals surface area contributed by atoms with Gasteiger partial charge in [0.15, 0.2) is 0 Å². The smallest absolute Gasteiger partial charge is 0.123 e. The second-order valence-electron chi connectivity index (χ2n) is 5.34. The van der Waals surface area contributed by atoms with Gasteiger partial charge in [-0.15, -0.1) is 0 Å². The molecule has 2 nitrogen and oxygen atoms in total. The monoisotopic (exact) mass is 271 g/mol. The van der Waals surface area contributed by atoms with Gasteiger partial charge in [0.25, 0.3) is 0 Å². The van der Waals surface area contributed by atoms with Crippen molar-refractivity contribution in [3.63, 3.8) is 0 Å². The number of aromatic hydroxyl groups is 1. The van der Waals surface area contributed by atoms with Gasteiger partial charge in [0, 0.05) is 12.6 Å². The van der Waals surface area contributed by atoms with Crippen molar-refractivity contribution < 1.29 is 9.50 Å². The topological polar surface area (TPSA) is 32.3 Å². The number of fused-ring (bicyclic) bond motifs is 1. The van der Waals surface area contributed by atoms with Crippen molar-refractivity contribution in [2.75, 3.05) is 0 Å². The van der Waals surface area contributed by atoms with Gasteiger partial charge < -0.3 is 10.4 Å². The van der Waals surface area contributed by atoms with Gasteiger partial charge in [-0.25, -0.2) is 4.39 Å². The number of benzene rings is 2. The average molecular weight is 271 g/mol. The van der Waals surface area contributed by atoms with Crippen molar-refractivity contribution in [3.05, 3.63) is 65.0 Å². The molecule has 0 saturated carbocycles. The largest absolute Gasteiger partial charge is 0.508 e. The summed E-state index contributed by atoms with van der Waals surface area (Å²) in [4.78, 5) is 0. The van der Waals surface area contributed by atoms with Crippen LogP contribution in [0.2, 0.25) is 0 Å². The Balaban J connectivity index is 1.75. The highest BCUT2D eigenvalue weighted by molar-refractivity contribution is 5.38. The highest BCUT2D eigenvalue weighted by atomic mass is 19.1. The Morgan fingerprint density at radius 3 is 2.95 bits per heavy atom. The Bertz CT molecular complexity index is 612. The second-order valence-corrected chi connectivity index (χ2v) is 5.34. The number of rotatable bonds is 3. The van der Waals surface area contributed by atoms with E-state index in [1.54, 1.807) is 18.2 Å². The number of hydrogen-bond acceptors (Lipinski definition) is 2. The molecule has 3 rings (SSSR count). The molecule has 1 unspecified atom stereocenters. The highest BCUT2D eigenvalue weighted by Crippen LogP contribution is 2.32. The lowest BCUT2D eigenvalue weighted by Crippen LogP contribution is -2.24. The number of nitrogens with one attached hydrogen (secondary N) is 1. The third-order valence-electron chi connectivity index (χ3n) is 3.89. The molecule has 0 fully saturated rings. The van der Waals surface area contributed by atoms with Crippen LogP contribution in [0.25, 0.3) is 0 Å². The van der Waals surface area contributed by atoms with E-state index in [-0.39, 0.29) is 11.9 Å². The molecule has 0 aromatic heterocycles. The molecule has 2 aromatic rings. The van der Waals surface area contributed by atoms with Crippen molar-refractivity contribution >= 4 is 0 Å². The fraction of sp³-hybridized carbons (Fsp3) is 0.294. The molecule has 1 aliphatic carbocycles. The second kappa shape index (κ2) is 5.63. The van der Waals surface area contributed by atoms with Gasteiger partial charge in [-0.1, -0.05) is 18.2 Å². The summed E-state index contributed by atoms with van der Waals surface area (Å²) in [5.41, 5.74) is 3.41. The molecule has 0 aliphatic heterocycles. The molecule has 0 saturated heterocycles. The molecule has 0 radical (unpaired) electrons. The first-order valence-electron chi connectivity index (χ1n) is 7.02. The van der Waals surface area contributed by atoms with Crippen molar-refractivity contribution in [1.29, 1.82) is 0 Å². The summed E-state index contributed by atoms with van der Waals surface area (Å²) in [6.45, 7) is 0.636. The first-order chi connectivity index (χ1) is 9.72. The molecule has 1 atom stereocenters. The maximum absolute atomic E-state index is 13.2. The van der Waals surface area contributed by atoms with Crippen molar-refractivity contribution in [2.45, 2.75) is 31.8 Å². The highest BCUT2D eigenvalue weighted by Gasteiger charge is 2.20. The van der Waals surface area contributed by atoms with Crippen LogP contribution >= 0.6 is 0 Å². The summed E-state index contributed by atoms with van der Waals surface area (Å²) in [5.74, 6) is 0.106. The van der Waals surface area contributed by atoms with E-state index in [1.165, 1.54) is 17.2 Å². The molecule has 1 aliphatic rings. The van der Waals surface area contributed by atoms with E-state index in [1.807, 2.05) is 18.2 Å². The third kappa shape index (κ3) is 2.83. The predicted molar refractivity (Wildman–Crippen MR) is 77.0 cm³/mol. The Labute approximate surface area is 118 Å². The van der Waals surface area contributed by atoms with Gasteiger partial charge in [-0.2, -0.15) is 0 Å². The lowest BCUT2D eigenvalue weighted by atomic mass is 9.87. The van der Waals surface area contributed by atoms with Gasteiger partial charge in [0.05, 0.1) is 0 Å². The molecule has 20 heavy (non-hydrogen) atoms. The quantitative estimate of drug-likeness (QED) is 0.892. The SMILES string of the molecule is Oc1ccc2c(c1)C(NCc1cccc(F)c1)CCC2. The number of phenolic OH excluding ortho intramolecular Hbond substituents is 1. The van der Waals surface area contributed by atoms with E-state index in [4.69, 9.17) is 0 Å². The van der Waals surface area contributed by atoms with Crippen LogP contribution in [0.5, 0.6) is 5.75 Å². The first kappa shape index (κ1) is 13.1. The third-order valence-corrected chi connectivity index (χ3v) is 3.89. The van der Waals surface area contributed by atoms with Gasteiger partial charge in [0.1, 0.15) is 11.6 Å². The van der Waals surface area contributed by atoms with Crippen LogP contribution in [-0.4, -0.2) is 5.11 Å². The van der Waals surface area contributed by atoms with Gasteiger partial charge in [0.2, 0.25) is 0 Å². The van der Waals surface area contributed by atoms with Crippen LogP contribution in [0, 0.1) is 5.82 Å². The minimum atomic E-state index is -0.203. The fourth-order valence-electron chi connectivity index (χ4n) is 2.89. The van der Waals surface area contributed by atoms with Crippen LogP contribution < -0.4 is 5.32 Å². The predicted octanol–water partition coefficient (Wildman–Crippen LogP) is 3.70. The molecular formula is C17H18FNO. The summed E-state index contributed by atoms with van der Waals surface area (Å²) in [5, 5.41) is 13.1. The van der Waals surface area contributed by atoms with Crippen molar-refractivity contribution in [2.24, 2.45) is 0 Å². The Hall–Kier alpha value is -1.87. The van der Waals surface area contributed by atoms with E-state index in [2.05, 4.69) is 5.32 Å². The molecule has 2 aromatic carbocycles. The van der Waals surface area contributed by atoms with Crippen molar-refractivity contribution in [3.8, 4) is 5.75 Å². The summed E-state index contributed by atoms with van der Waals surface area (Å²) < 4.78 is 13.2. The maximum Gasteiger partial charge on any atom is 0.123 e. The van der Waals surface area contributed by atoms with Crippen LogP contribution in [0.4, 0.5) is 4.39 Å². The van der Waals surface area contributed by atoms with Crippen molar-refractivity contribution in [1.82, 2.24) is 5.32 Å². The zero-order valence-corrected chi connectivity index (χ0v) is 11.3. The summed E-state index contributed by atoms with van der Waals surface area (Å²) in [6.07, 6.45) is 3.25. The molecule has 2 N–H and O–H groups in total. The molecule has 0 spiro atoms. The van der Waals surface area contributed by atoms with Gasteiger partial charge in [-0.05, 0) is 60.2 Å². The van der Waals surface area contributed by atoms with E-state index >= 15 is 0 Å². The summed E-state index contributed by atoms with van der Waals surface area (Å²) in [7, 11) is 0. The van der Waals surface area contributed by atoms with Crippen LogP contribution in [0.3, 0.4) is 0 Å². The van der Waals surface area contributed by atoms with Gasteiger partial charge in [-0.3, -0.25) is 0 Å². The Morgan fingerprint density at radius 2 is 2.10 bits per heavy atom. The van der Waals surface area contributed by atoms with Crippen LogP contribution in [-0.2, 0) is 13.0 Å². The van der Waals surface area contributed by atoms with E-state index in [0.29, 0.717) is 12.3 Å². The van der Waals surface area contributed by atoms with Crippen LogP contribution in [0.15, 0.2) is 42.5 Å². The fourth-order valence-corrected chi connectivity index (χ4v) is 2.89. The van der Waals surface area contributed by atoms with E-state index in [9.17, 15) is 9.50 Å². The molecule has 104 valence electrons. The number of halogens is 1. The van der Waals surface area contributed by atoms with E-state index < -0.39 is 0 Å². The Kier molecular flexibility index (Phi) is 3.70. The molecule has 3 heteroatoms. The average Bonchev–Trinajstić information content (AvgIpc) is 2.45. The first-order valence-corrected chi connectivity index (χ1v) is 7.02. The minimum Gasteiger partial charge on any atom is -0.508 e. The number of hydrogen-bond donors (Lipinski definition) is 2. The van der Waals surface area contributed by atoms with Gasteiger partial charge >= 0.3 is 0 Å². The summed E-state index contributed by atoms with van der Waals surface area (Å²) in [6, 6.07) is 12.5. The zero-order chi connectivity index (χ0) is 13.9. The van der Waals surface area contributed by atoms with Crippen LogP contribution in [0.1, 0.15) is 35.6 Å². The number of aryl methyl sites for hydroxylation is 1. The zero-order valence-electron chi connectivity index (χ0n) is 11.3. The molecular weight excluding hydrogens is 253 g/mol. The van der Waals surface area contributed by atoms with E-state index in [0.717, 1.165) is 24.8 Å². The molecule has 0 amide bonds.